The van der Waals surface area contributed by atoms with E-state index in [0.717, 1.165) is 78.3 Å². The third kappa shape index (κ3) is 6.56. The van der Waals surface area contributed by atoms with E-state index < -0.39 is 5.41 Å². The van der Waals surface area contributed by atoms with Crippen LogP contribution >= 0.6 is 0 Å². The van der Waals surface area contributed by atoms with Crippen molar-refractivity contribution >= 4 is 56.6 Å². The van der Waals surface area contributed by atoms with Gasteiger partial charge < -0.3 is 24.3 Å². The van der Waals surface area contributed by atoms with E-state index in [0.29, 0.717) is 12.8 Å². The molecule has 5 heterocycles. The summed E-state index contributed by atoms with van der Waals surface area (Å²) in [6, 6.07) is 10.2. The van der Waals surface area contributed by atoms with Gasteiger partial charge in [0, 0.05) is 60.8 Å². The van der Waals surface area contributed by atoms with Gasteiger partial charge in [0.2, 0.25) is 5.91 Å². The molecular weight excluding hydrogens is 606 g/mol. The van der Waals surface area contributed by atoms with E-state index in [9.17, 15) is 14.4 Å². The number of aromatic nitrogens is 4. The number of nitrogens with zero attached hydrogens (tertiary/aromatic N) is 3. The molecule has 48 heavy (non-hydrogen) atoms. The number of methoxy groups -OCH3 is 2. The van der Waals surface area contributed by atoms with Crippen molar-refractivity contribution in [1.82, 2.24) is 24.8 Å². The van der Waals surface area contributed by atoms with Crippen LogP contribution in [0.3, 0.4) is 0 Å². The van der Waals surface area contributed by atoms with Crippen LogP contribution in [-0.2, 0) is 35.7 Å². The molecule has 0 aliphatic carbocycles. The minimum Gasteiger partial charge on any atom is -0.469 e. The van der Waals surface area contributed by atoms with Crippen molar-refractivity contribution in [3.8, 4) is 0 Å². The Hall–Kier alpha value is -4.99. The molecule has 10 nitrogen and oxygen atoms in total. The van der Waals surface area contributed by atoms with Crippen molar-refractivity contribution in [2.24, 2.45) is 0 Å². The summed E-state index contributed by atoms with van der Waals surface area (Å²) in [4.78, 5) is 56.7. The van der Waals surface area contributed by atoms with Crippen LogP contribution < -0.4 is 0 Å². The number of hydrogen-bond donors (Lipinski definition) is 2. The molecule has 1 amide bonds. The lowest BCUT2D eigenvalue weighted by Gasteiger charge is -2.27. The Kier molecular flexibility index (Phi) is 9.75. The first-order valence-electron chi connectivity index (χ1n) is 16.2. The number of nitrogens with one attached hydrogen (secondary N) is 2. The van der Waals surface area contributed by atoms with E-state index in [2.05, 4.69) is 35.9 Å². The summed E-state index contributed by atoms with van der Waals surface area (Å²) < 4.78 is 9.92. The van der Waals surface area contributed by atoms with E-state index in [1.165, 1.54) is 14.2 Å². The Balaban J connectivity index is 1.87. The number of esters is 2. The van der Waals surface area contributed by atoms with E-state index in [1.54, 1.807) is 19.0 Å². The number of amides is 1. The van der Waals surface area contributed by atoms with Gasteiger partial charge in [-0.3, -0.25) is 19.4 Å². The first-order chi connectivity index (χ1) is 22.8. The highest BCUT2D eigenvalue weighted by Crippen LogP contribution is 2.45. The molecule has 3 aromatic heterocycles. The summed E-state index contributed by atoms with van der Waals surface area (Å²) in [5, 5.41) is 0. The van der Waals surface area contributed by atoms with E-state index in [-0.39, 0.29) is 37.1 Å². The van der Waals surface area contributed by atoms with Crippen LogP contribution in [0.4, 0.5) is 0 Å². The maximum Gasteiger partial charge on any atom is 0.305 e. The molecule has 10 heteroatoms. The van der Waals surface area contributed by atoms with Gasteiger partial charge in [-0.15, -0.1) is 0 Å². The van der Waals surface area contributed by atoms with Gasteiger partial charge >= 0.3 is 11.9 Å². The van der Waals surface area contributed by atoms with Gasteiger partial charge in [-0.05, 0) is 111 Å². The number of allylic oxidation sites excluding steroid dienone is 4. The number of H-pyrrole nitrogens is 2. The summed E-state index contributed by atoms with van der Waals surface area (Å²) >= 11 is 0. The predicted octanol–water partition coefficient (Wildman–Crippen LogP) is 6.76. The molecule has 5 rings (SSSR count). The lowest BCUT2D eigenvalue weighted by Crippen LogP contribution is -2.31. The van der Waals surface area contributed by atoms with Crippen molar-refractivity contribution in [2.75, 3.05) is 28.3 Å². The Morgan fingerprint density at radius 2 is 1.52 bits per heavy atom. The lowest BCUT2D eigenvalue weighted by molar-refractivity contribution is -0.141. The van der Waals surface area contributed by atoms with Gasteiger partial charge in [-0.2, -0.15) is 0 Å². The number of hydrogen-bond acceptors (Lipinski definition) is 7. The minimum absolute atomic E-state index is 0.00664. The Bertz CT molecular complexity index is 2030. The first-order valence-corrected chi connectivity index (χ1v) is 16.2. The molecule has 8 bridgehead atoms. The zero-order valence-corrected chi connectivity index (χ0v) is 29.4. The molecule has 3 aromatic rings. The number of aryl methyl sites for hydroxylation is 3. The normalized spacial score (nSPS) is 16.7. The monoisotopic (exact) mass is 651 g/mol. The first kappa shape index (κ1) is 34.3. The summed E-state index contributed by atoms with van der Waals surface area (Å²) in [6.45, 7) is 10.2. The molecule has 2 aliphatic rings. The maximum atomic E-state index is 13.2. The molecule has 2 N–H and O–H groups in total. The minimum atomic E-state index is -0.680. The van der Waals surface area contributed by atoms with Gasteiger partial charge in [0.05, 0.1) is 37.0 Å². The van der Waals surface area contributed by atoms with Gasteiger partial charge in [0.15, 0.2) is 0 Å². The molecule has 0 unspecified atom stereocenters. The van der Waals surface area contributed by atoms with E-state index >= 15 is 0 Å². The Labute approximate surface area is 281 Å². The van der Waals surface area contributed by atoms with Crippen LogP contribution in [0.25, 0.3) is 38.8 Å². The van der Waals surface area contributed by atoms with Crippen molar-refractivity contribution < 1.29 is 23.9 Å². The zero-order valence-electron chi connectivity index (χ0n) is 29.4. The molecule has 0 saturated heterocycles. The maximum absolute atomic E-state index is 13.2. The molecule has 0 saturated carbocycles. The molecular formula is C38H45N5O5. The second kappa shape index (κ2) is 13.6. The Morgan fingerprint density at radius 1 is 0.833 bits per heavy atom. The number of aromatic amines is 2. The number of carbonyl (C=O) groups is 3. The lowest BCUT2D eigenvalue weighted by atomic mass is 9.76. The molecule has 1 atom stereocenters. The van der Waals surface area contributed by atoms with Crippen LogP contribution in [0.5, 0.6) is 0 Å². The average Bonchev–Trinajstić information content (AvgIpc) is 3.71. The third-order valence-corrected chi connectivity index (χ3v) is 9.63. The predicted molar refractivity (Wildman–Crippen MR) is 189 cm³/mol. The van der Waals surface area contributed by atoms with E-state index in [4.69, 9.17) is 19.4 Å². The summed E-state index contributed by atoms with van der Waals surface area (Å²) in [7, 11) is 6.32. The topological polar surface area (TPSA) is 130 Å². The van der Waals surface area contributed by atoms with Crippen LogP contribution in [0.2, 0.25) is 0 Å². The fraction of sp³-hybridized carbons (Fsp3) is 0.395. The Morgan fingerprint density at radius 3 is 2.17 bits per heavy atom. The van der Waals surface area contributed by atoms with Crippen LogP contribution in [-0.4, -0.2) is 71.0 Å². The molecule has 0 fully saturated rings. The molecule has 252 valence electrons. The van der Waals surface area contributed by atoms with Crippen molar-refractivity contribution in [2.45, 2.75) is 72.1 Å². The quantitative estimate of drug-likeness (QED) is 0.257. The van der Waals surface area contributed by atoms with Crippen molar-refractivity contribution in [3.63, 3.8) is 0 Å². The number of fused-ring (bicyclic) bond motifs is 8. The molecule has 2 aliphatic heterocycles. The second-order valence-corrected chi connectivity index (χ2v) is 13.0. The van der Waals surface area contributed by atoms with Crippen LogP contribution in [0.1, 0.15) is 85.9 Å². The highest BCUT2D eigenvalue weighted by Gasteiger charge is 2.40. The van der Waals surface area contributed by atoms with Crippen LogP contribution in [0.15, 0.2) is 36.4 Å². The van der Waals surface area contributed by atoms with Crippen LogP contribution in [0, 0.1) is 13.8 Å². The zero-order chi connectivity index (χ0) is 34.9. The van der Waals surface area contributed by atoms with Gasteiger partial charge in [-0.25, -0.2) is 4.98 Å². The standard InChI is InChI=1S/C38H45N5O5/c1-10-27-33-18-30-23(4)26(12-14-37(46)48-9)32(41-30)19-31-25(11-13-36(45)47-8)22(3)29(40-31)17-28-21(2)15-24(39-28)16-34(42-33)38(27,5)20-35(44)43(6)7/h10,15-19,39-40H,11-14,20H2,1-9H3/b24-16?,27-10-,28-17?,29-17?,30-18?,31-19?,32-19?,33-18?,34-16?/t38-/m0/s1. The number of rotatable bonds is 8. The molecule has 0 radical (unpaired) electrons. The SMILES string of the molecule is C/C=C1/c2cc3nc(cc4[nH]c(cc5[nH]c(cc(n2)[C@@]1(C)CC(=O)N(C)C)cc5C)c(C)c4CCC(=O)OC)C(CCC(=O)OC)=C3C. The molecule has 0 aromatic carbocycles. The van der Waals surface area contributed by atoms with Gasteiger partial charge in [0.1, 0.15) is 0 Å². The fourth-order valence-electron chi connectivity index (χ4n) is 6.67. The van der Waals surface area contributed by atoms with E-state index in [1.807, 2.05) is 45.0 Å². The summed E-state index contributed by atoms with van der Waals surface area (Å²) in [6.07, 6.45) is 3.64. The van der Waals surface area contributed by atoms with Gasteiger partial charge in [-0.1, -0.05) is 6.08 Å². The van der Waals surface area contributed by atoms with Crippen molar-refractivity contribution in [1.29, 1.82) is 0 Å². The highest BCUT2D eigenvalue weighted by atomic mass is 16.5. The number of carbonyl (C=O) groups excluding carboxylic acids is 3. The molecule has 0 spiro atoms. The fourth-order valence-corrected chi connectivity index (χ4v) is 6.67. The van der Waals surface area contributed by atoms with Crippen molar-refractivity contribution in [3.05, 3.63) is 75.9 Å². The second-order valence-electron chi connectivity index (χ2n) is 13.0. The largest absolute Gasteiger partial charge is 0.469 e. The average molecular weight is 652 g/mol. The third-order valence-electron chi connectivity index (χ3n) is 9.63. The summed E-state index contributed by atoms with van der Waals surface area (Å²) in [5.74, 6) is -0.576. The number of ether oxygens (including phenoxy) is 2. The van der Waals surface area contributed by atoms with Gasteiger partial charge in [0.25, 0.3) is 0 Å². The smallest absolute Gasteiger partial charge is 0.305 e. The summed E-state index contributed by atoms with van der Waals surface area (Å²) in [5.41, 5.74) is 11.7. The highest BCUT2D eigenvalue weighted by molar-refractivity contribution is 5.94.